The van der Waals surface area contributed by atoms with Crippen LogP contribution < -0.4 is 10.6 Å². The number of thiophene rings is 1. The second kappa shape index (κ2) is 8.11. The first-order valence-corrected chi connectivity index (χ1v) is 8.04. The topological polar surface area (TPSA) is 70.7 Å². The molecule has 1 fully saturated rings. The summed E-state index contributed by atoms with van der Waals surface area (Å²) in [6, 6.07) is 1.77. The first-order chi connectivity index (χ1) is 10.2. The number of anilines is 1. The van der Waals surface area contributed by atoms with Crippen LogP contribution in [0.25, 0.3) is 0 Å². The normalized spacial score (nSPS) is 15.7. The lowest BCUT2D eigenvalue weighted by Crippen LogP contribution is -2.41. The molecule has 116 valence electrons. The minimum absolute atomic E-state index is 0.0974. The van der Waals surface area contributed by atoms with Crippen molar-refractivity contribution < 1.29 is 14.3 Å². The average Bonchev–Trinajstić information content (AvgIpc) is 2.93. The molecule has 6 nitrogen and oxygen atoms in total. The number of hydrogen-bond donors (Lipinski definition) is 2. The molecule has 7 heteroatoms. The molecule has 1 aromatic heterocycles. The Morgan fingerprint density at radius 3 is 2.86 bits per heavy atom. The van der Waals surface area contributed by atoms with E-state index in [-0.39, 0.29) is 11.8 Å². The Hall–Kier alpha value is -1.44. The van der Waals surface area contributed by atoms with Crippen molar-refractivity contribution in [2.24, 2.45) is 0 Å². The van der Waals surface area contributed by atoms with E-state index in [0.29, 0.717) is 36.9 Å². The van der Waals surface area contributed by atoms with Gasteiger partial charge in [0.15, 0.2) is 0 Å². The van der Waals surface area contributed by atoms with Gasteiger partial charge >= 0.3 is 0 Å². The number of amides is 2. The van der Waals surface area contributed by atoms with E-state index in [1.54, 1.807) is 6.07 Å². The highest BCUT2D eigenvalue weighted by molar-refractivity contribution is 7.12. The van der Waals surface area contributed by atoms with E-state index < -0.39 is 0 Å². The molecule has 0 saturated carbocycles. The lowest BCUT2D eigenvalue weighted by Gasteiger charge is -2.25. The molecular formula is C14H21N3O3S. The number of nitrogens with one attached hydrogen (secondary N) is 2. The number of carbonyl (C=O) groups excluding carboxylic acids is 2. The molecule has 0 aromatic carbocycles. The summed E-state index contributed by atoms with van der Waals surface area (Å²) in [7, 11) is 0. The fraction of sp³-hybridized carbons (Fsp3) is 0.571. The van der Waals surface area contributed by atoms with Gasteiger partial charge in [0.1, 0.15) is 4.88 Å². The van der Waals surface area contributed by atoms with E-state index in [2.05, 4.69) is 10.6 Å². The summed E-state index contributed by atoms with van der Waals surface area (Å²) in [5, 5.41) is 7.46. The van der Waals surface area contributed by atoms with Crippen molar-refractivity contribution in [3.05, 3.63) is 16.3 Å². The SMILES string of the molecule is CCCNC(=O)c1sccc1NC(=O)CN1CCOCC1. The highest BCUT2D eigenvalue weighted by Gasteiger charge is 2.17. The zero-order valence-electron chi connectivity index (χ0n) is 12.2. The van der Waals surface area contributed by atoms with Crippen molar-refractivity contribution in [3.63, 3.8) is 0 Å². The molecule has 0 atom stereocenters. The molecule has 2 heterocycles. The van der Waals surface area contributed by atoms with Crippen molar-refractivity contribution in [2.75, 3.05) is 44.7 Å². The Morgan fingerprint density at radius 2 is 2.14 bits per heavy atom. The van der Waals surface area contributed by atoms with Gasteiger partial charge in [-0.15, -0.1) is 11.3 Å². The lowest BCUT2D eigenvalue weighted by molar-refractivity contribution is -0.118. The highest BCUT2D eigenvalue weighted by atomic mass is 32.1. The summed E-state index contributed by atoms with van der Waals surface area (Å²) in [4.78, 5) is 26.6. The minimum Gasteiger partial charge on any atom is -0.379 e. The van der Waals surface area contributed by atoms with Crippen molar-refractivity contribution in [3.8, 4) is 0 Å². The third kappa shape index (κ3) is 4.80. The largest absolute Gasteiger partial charge is 0.379 e. The Balaban J connectivity index is 1.88. The van der Waals surface area contributed by atoms with Crippen LogP contribution in [0.4, 0.5) is 5.69 Å². The van der Waals surface area contributed by atoms with Gasteiger partial charge in [-0.3, -0.25) is 14.5 Å². The van der Waals surface area contributed by atoms with Gasteiger partial charge in [0.2, 0.25) is 5.91 Å². The van der Waals surface area contributed by atoms with Crippen LogP contribution in [0.2, 0.25) is 0 Å². The monoisotopic (exact) mass is 311 g/mol. The quantitative estimate of drug-likeness (QED) is 0.827. The molecule has 21 heavy (non-hydrogen) atoms. The molecule has 2 amide bonds. The zero-order valence-corrected chi connectivity index (χ0v) is 13.0. The summed E-state index contributed by atoms with van der Waals surface area (Å²) >= 11 is 1.34. The second-order valence-electron chi connectivity index (χ2n) is 4.86. The summed E-state index contributed by atoms with van der Waals surface area (Å²) in [5.74, 6) is -0.228. The predicted octanol–water partition coefficient (Wildman–Crippen LogP) is 1.16. The van der Waals surface area contributed by atoms with E-state index in [1.165, 1.54) is 11.3 Å². The number of ether oxygens (including phenoxy) is 1. The Morgan fingerprint density at radius 1 is 1.38 bits per heavy atom. The molecule has 0 unspecified atom stereocenters. The fourth-order valence-corrected chi connectivity index (χ4v) is 2.82. The maximum absolute atomic E-state index is 12.0. The smallest absolute Gasteiger partial charge is 0.263 e. The van der Waals surface area contributed by atoms with Crippen LogP contribution in [0.3, 0.4) is 0 Å². The Kier molecular flexibility index (Phi) is 6.16. The predicted molar refractivity (Wildman–Crippen MR) is 82.8 cm³/mol. The van der Waals surface area contributed by atoms with Gasteiger partial charge < -0.3 is 15.4 Å². The van der Waals surface area contributed by atoms with Crippen LogP contribution in [-0.2, 0) is 9.53 Å². The van der Waals surface area contributed by atoms with Gasteiger partial charge in [0, 0.05) is 19.6 Å². The first-order valence-electron chi connectivity index (χ1n) is 7.16. The molecular weight excluding hydrogens is 290 g/mol. The highest BCUT2D eigenvalue weighted by Crippen LogP contribution is 2.22. The van der Waals surface area contributed by atoms with Crippen LogP contribution >= 0.6 is 11.3 Å². The standard InChI is InChI=1S/C14H21N3O3S/c1-2-4-15-14(19)13-11(3-9-21-13)16-12(18)10-17-5-7-20-8-6-17/h3,9H,2,4-8,10H2,1H3,(H,15,19)(H,16,18). The first kappa shape index (κ1) is 15.9. The average molecular weight is 311 g/mol. The third-order valence-electron chi connectivity index (χ3n) is 3.15. The van der Waals surface area contributed by atoms with Crippen molar-refractivity contribution in [1.29, 1.82) is 0 Å². The molecule has 0 radical (unpaired) electrons. The van der Waals surface area contributed by atoms with Crippen molar-refractivity contribution in [2.45, 2.75) is 13.3 Å². The Bertz CT molecular complexity index is 484. The maximum atomic E-state index is 12.0. The van der Waals surface area contributed by atoms with Crippen LogP contribution in [0.1, 0.15) is 23.0 Å². The molecule has 1 aliphatic rings. The summed E-state index contributed by atoms with van der Waals surface area (Å²) in [5.41, 5.74) is 0.590. The summed E-state index contributed by atoms with van der Waals surface area (Å²) < 4.78 is 5.25. The van der Waals surface area contributed by atoms with E-state index >= 15 is 0 Å². The molecule has 0 spiro atoms. The van der Waals surface area contributed by atoms with E-state index in [4.69, 9.17) is 4.74 Å². The number of rotatable bonds is 6. The molecule has 2 rings (SSSR count). The minimum atomic E-state index is -0.131. The maximum Gasteiger partial charge on any atom is 0.263 e. The molecule has 2 N–H and O–H groups in total. The third-order valence-corrected chi connectivity index (χ3v) is 4.07. The second-order valence-corrected chi connectivity index (χ2v) is 5.77. The van der Waals surface area contributed by atoms with Crippen LogP contribution in [0.5, 0.6) is 0 Å². The summed E-state index contributed by atoms with van der Waals surface area (Å²) in [6.45, 7) is 5.82. The van der Waals surface area contributed by atoms with Gasteiger partial charge in [0.25, 0.3) is 5.91 Å². The Labute approximate surface area is 128 Å². The fourth-order valence-electron chi connectivity index (χ4n) is 2.05. The number of hydrogen-bond acceptors (Lipinski definition) is 5. The summed E-state index contributed by atoms with van der Waals surface area (Å²) in [6.07, 6.45) is 0.885. The number of carbonyl (C=O) groups is 2. The number of morpholine rings is 1. The molecule has 1 aromatic rings. The van der Waals surface area contributed by atoms with Crippen LogP contribution in [0, 0.1) is 0 Å². The van der Waals surface area contributed by atoms with Crippen LogP contribution in [0.15, 0.2) is 11.4 Å². The molecule has 0 aliphatic carbocycles. The van der Waals surface area contributed by atoms with Gasteiger partial charge in [-0.1, -0.05) is 6.92 Å². The van der Waals surface area contributed by atoms with E-state index in [0.717, 1.165) is 19.5 Å². The van der Waals surface area contributed by atoms with Gasteiger partial charge in [-0.05, 0) is 17.9 Å². The van der Waals surface area contributed by atoms with Crippen molar-refractivity contribution in [1.82, 2.24) is 10.2 Å². The molecule has 1 saturated heterocycles. The van der Waals surface area contributed by atoms with E-state index in [1.807, 2.05) is 17.2 Å². The van der Waals surface area contributed by atoms with Gasteiger partial charge in [-0.2, -0.15) is 0 Å². The zero-order chi connectivity index (χ0) is 15.1. The van der Waals surface area contributed by atoms with Gasteiger partial charge in [0.05, 0.1) is 25.4 Å². The number of nitrogens with zero attached hydrogens (tertiary/aromatic N) is 1. The van der Waals surface area contributed by atoms with Crippen molar-refractivity contribution >= 4 is 28.8 Å². The van der Waals surface area contributed by atoms with Crippen LogP contribution in [-0.4, -0.2) is 56.1 Å². The molecule has 1 aliphatic heterocycles. The lowest BCUT2D eigenvalue weighted by atomic mass is 10.3. The van der Waals surface area contributed by atoms with E-state index in [9.17, 15) is 9.59 Å². The van der Waals surface area contributed by atoms with Gasteiger partial charge in [-0.25, -0.2) is 0 Å². The molecule has 0 bridgehead atoms.